The molecule has 1 spiro atoms. The van der Waals surface area contributed by atoms with Crippen molar-refractivity contribution in [3.63, 3.8) is 0 Å². The lowest BCUT2D eigenvalue weighted by atomic mass is 9.73. The number of benzene rings is 1. The number of nitrogens with one attached hydrogen (secondary N) is 1. The molecular weight excluding hydrogens is 364 g/mol. The molecule has 5 nitrogen and oxygen atoms in total. The van der Waals surface area contributed by atoms with E-state index in [1.165, 1.54) is 5.56 Å². The summed E-state index contributed by atoms with van der Waals surface area (Å²) < 4.78 is 6.12. The molecule has 0 aromatic heterocycles. The van der Waals surface area contributed by atoms with Gasteiger partial charge in [-0.1, -0.05) is 30.7 Å². The number of nitrogens with zero attached hydrogens (tertiary/aromatic N) is 1. The Balaban J connectivity index is 1.61. The molecule has 2 fully saturated rings. The lowest BCUT2D eigenvalue weighted by Gasteiger charge is -2.53. The van der Waals surface area contributed by atoms with Gasteiger partial charge in [0.2, 0.25) is 5.91 Å². The summed E-state index contributed by atoms with van der Waals surface area (Å²) in [6, 6.07) is 7.94. The van der Waals surface area contributed by atoms with Crippen molar-refractivity contribution in [3.8, 4) is 0 Å². The quantitative estimate of drug-likeness (QED) is 0.805. The lowest BCUT2D eigenvalue weighted by molar-refractivity contribution is -0.208. The number of likely N-dealkylation sites (tertiary alicyclic amines) is 1. The van der Waals surface area contributed by atoms with E-state index in [-0.39, 0.29) is 5.91 Å². The van der Waals surface area contributed by atoms with E-state index in [4.69, 9.17) is 16.3 Å². The molecule has 0 unspecified atom stereocenters. The number of rotatable bonds is 5. The summed E-state index contributed by atoms with van der Waals surface area (Å²) in [6.07, 6.45) is 2.77. The van der Waals surface area contributed by atoms with Crippen molar-refractivity contribution in [2.45, 2.75) is 69.7 Å². The summed E-state index contributed by atoms with van der Waals surface area (Å²) in [4.78, 5) is 14.5. The van der Waals surface area contributed by atoms with E-state index in [0.29, 0.717) is 19.4 Å². The average molecular weight is 395 g/mol. The first kappa shape index (κ1) is 20.6. The van der Waals surface area contributed by atoms with Crippen molar-refractivity contribution >= 4 is 17.5 Å². The molecule has 2 aliphatic rings. The summed E-state index contributed by atoms with van der Waals surface area (Å²) >= 11 is 5.96. The van der Waals surface area contributed by atoms with Gasteiger partial charge < -0.3 is 15.2 Å². The maximum Gasteiger partial charge on any atom is 0.220 e. The van der Waals surface area contributed by atoms with E-state index in [1.54, 1.807) is 0 Å². The molecule has 2 atom stereocenters. The fourth-order valence-corrected chi connectivity index (χ4v) is 4.48. The van der Waals surface area contributed by atoms with Crippen LogP contribution in [0.4, 0.5) is 0 Å². The zero-order valence-electron chi connectivity index (χ0n) is 16.3. The Morgan fingerprint density at radius 1 is 1.30 bits per heavy atom. The number of aliphatic hydroxyl groups is 1. The minimum Gasteiger partial charge on any atom is -0.388 e. The van der Waals surface area contributed by atoms with Crippen molar-refractivity contribution in [2.75, 3.05) is 19.7 Å². The van der Waals surface area contributed by atoms with E-state index in [2.05, 4.69) is 22.3 Å². The first-order valence-electron chi connectivity index (χ1n) is 9.97. The van der Waals surface area contributed by atoms with Gasteiger partial charge in [0.05, 0.1) is 11.1 Å². The molecule has 1 aromatic rings. The number of carbonyl (C=O) groups is 1. The number of ether oxygens (including phenoxy) is 1. The van der Waals surface area contributed by atoms with Crippen LogP contribution in [0.25, 0.3) is 0 Å². The molecule has 2 aliphatic heterocycles. The Hall–Kier alpha value is -1.14. The molecule has 0 aliphatic carbocycles. The van der Waals surface area contributed by atoms with Crippen LogP contribution >= 0.6 is 11.6 Å². The molecule has 150 valence electrons. The second kappa shape index (κ2) is 8.48. The minimum atomic E-state index is -0.697. The third-order valence-corrected chi connectivity index (χ3v) is 6.29. The Morgan fingerprint density at radius 3 is 2.59 bits per heavy atom. The number of halogens is 1. The highest BCUT2D eigenvalue weighted by atomic mass is 35.5. The van der Waals surface area contributed by atoms with Crippen LogP contribution in [0.2, 0.25) is 5.02 Å². The smallest absolute Gasteiger partial charge is 0.220 e. The summed E-state index contributed by atoms with van der Waals surface area (Å²) in [5, 5.41) is 15.0. The van der Waals surface area contributed by atoms with Crippen molar-refractivity contribution < 1.29 is 14.6 Å². The van der Waals surface area contributed by atoms with E-state index in [1.807, 2.05) is 26.0 Å². The number of piperidine rings is 1. The number of aliphatic hydroxyl groups excluding tert-OH is 1. The summed E-state index contributed by atoms with van der Waals surface area (Å²) in [7, 11) is 0. The second-order valence-electron chi connectivity index (χ2n) is 8.18. The van der Waals surface area contributed by atoms with Crippen LogP contribution in [-0.2, 0) is 16.1 Å². The van der Waals surface area contributed by atoms with Gasteiger partial charge in [0.15, 0.2) is 0 Å². The summed E-state index contributed by atoms with van der Waals surface area (Å²) in [5.74, 6) is 0.0104. The average Bonchev–Trinajstić information content (AvgIpc) is 2.64. The molecular formula is C21H31ClN2O3. The molecule has 0 bridgehead atoms. The van der Waals surface area contributed by atoms with Crippen molar-refractivity contribution in [1.29, 1.82) is 0 Å². The summed E-state index contributed by atoms with van der Waals surface area (Å²) in [6.45, 7) is 7.10. The lowest BCUT2D eigenvalue weighted by Crippen LogP contribution is -2.69. The van der Waals surface area contributed by atoms with Crippen LogP contribution in [0.1, 0.15) is 51.5 Å². The van der Waals surface area contributed by atoms with Gasteiger partial charge >= 0.3 is 0 Å². The van der Waals surface area contributed by atoms with Crippen molar-refractivity contribution in [1.82, 2.24) is 10.2 Å². The molecule has 3 rings (SSSR count). The van der Waals surface area contributed by atoms with Crippen LogP contribution in [0.3, 0.4) is 0 Å². The van der Waals surface area contributed by atoms with Crippen LogP contribution in [-0.4, -0.2) is 52.9 Å². The van der Waals surface area contributed by atoms with Gasteiger partial charge in [0.25, 0.3) is 0 Å². The maximum atomic E-state index is 12.1. The highest BCUT2D eigenvalue weighted by Crippen LogP contribution is 2.40. The highest BCUT2D eigenvalue weighted by molar-refractivity contribution is 6.30. The Labute approximate surface area is 167 Å². The number of amides is 1. The van der Waals surface area contributed by atoms with Crippen molar-refractivity contribution in [2.24, 2.45) is 0 Å². The first-order chi connectivity index (χ1) is 12.9. The van der Waals surface area contributed by atoms with E-state index < -0.39 is 17.2 Å². The van der Waals surface area contributed by atoms with Crippen LogP contribution in [0.5, 0.6) is 0 Å². The van der Waals surface area contributed by atoms with Gasteiger partial charge in [-0.15, -0.1) is 0 Å². The SMILES string of the molecule is CCCC(=O)N[C@@]1(C)CCOC2(CCN(Cc3ccc(Cl)cc3)CC2)[C@@H]1O. The molecule has 1 amide bonds. The van der Waals surface area contributed by atoms with E-state index in [0.717, 1.165) is 43.9 Å². The van der Waals surface area contributed by atoms with Gasteiger partial charge in [-0.3, -0.25) is 9.69 Å². The third kappa shape index (κ3) is 4.65. The van der Waals surface area contributed by atoms with Gasteiger partial charge in [-0.05, 0) is 50.3 Å². The van der Waals surface area contributed by atoms with Gasteiger partial charge in [0.1, 0.15) is 6.10 Å². The van der Waals surface area contributed by atoms with Crippen LogP contribution in [0, 0.1) is 0 Å². The molecule has 0 saturated carbocycles. The Morgan fingerprint density at radius 2 is 1.96 bits per heavy atom. The second-order valence-corrected chi connectivity index (χ2v) is 8.62. The van der Waals surface area contributed by atoms with Gasteiger partial charge in [-0.2, -0.15) is 0 Å². The zero-order chi connectivity index (χ0) is 19.5. The topological polar surface area (TPSA) is 61.8 Å². The first-order valence-corrected chi connectivity index (χ1v) is 10.3. The van der Waals surface area contributed by atoms with E-state index in [9.17, 15) is 9.90 Å². The molecule has 2 N–H and O–H groups in total. The predicted octanol–water partition coefficient (Wildman–Crippen LogP) is 3.13. The minimum absolute atomic E-state index is 0.0104. The van der Waals surface area contributed by atoms with Gasteiger partial charge in [-0.25, -0.2) is 0 Å². The third-order valence-electron chi connectivity index (χ3n) is 6.04. The molecule has 2 saturated heterocycles. The standard InChI is InChI=1S/C21H31ClN2O3/c1-3-4-18(25)23-20(2)11-14-27-21(19(20)26)9-12-24(13-10-21)15-16-5-7-17(22)8-6-16/h5-8,19,26H,3-4,9-15H2,1-2H3,(H,23,25)/t19-,20+/m1/s1. The molecule has 1 aromatic carbocycles. The van der Waals surface area contributed by atoms with Crippen LogP contribution in [0.15, 0.2) is 24.3 Å². The predicted molar refractivity (Wildman–Crippen MR) is 107 cm³/mol. The number of hydrogen-bond acceptors (Lipinski definition) is 4. The maximum absolute atomic E-state index is 12.1. The highest BCUT2D eigenvalue weighted by Gasteiger charge is 2.53. The Bertz CT molecular complexity index is 643. The number of carbonyl (C=O) groups excluding carboxylic acids is 1. The van der Waals surface area contributed by atoms with Gasteiger partial charge in [0, 0.05) is 37.7 Å². The molecule has 27 heavy (non-hydrogen) atoms. The monoisotopic (exact) mass is 394 g/mol. The molecule has 2 heterocycles. The molecule has 0 radical (unpaired) electrons. The fourth-order valence-electron chi connectivity index (χ4n) is 4.36. The Kier molecular flexibility index (Phi) is 6.46. The zero-order valence-corrected chi connectivity index (χ0v) is 17.1. The summed E-state index contributed by atoms with van der Waals surface area (Å²) in [5.41, 5.74) is 0.0448. The molecule has 6 heteroatoms. The van der Waals surface area contributed by atoms with Crippen molar-refractivity contribution in [3.05, 3.63) is 34.9 Å². The van der Waals surface area contributed by atoms with Crippen LogP contribution < -0.4 is 5.32 Å². The fraction of sp³-hybridized carbons (Fsp3) is 0.667. The normalized spacial score (nSPS) is 28.2. The van der Waals surface area contributed by atoms with E-state index >= 15 is 0 Å². The largest absolute Gasteiger partial charge is 0.388 e. The number of hydrogen-bond donors (Lipinski definition) is 2.